The molecule has 0 spiro atoms. The largest absolute Gasteiger partial charge is 0.352 e. The highest BCUT2D eigenvalue weighted by Gasteiger charge is 2.34. The maximum absolute atomic E-state index is 12.3. The van der Waals surface area contributed by atoms with Gasteiger partial charge in [-0.25, -0.2) is 0 Å². The van der Waals surface area contributed by atoms with Crippen molar-refractivity contribution in [3.63, 3.8) is 0 Å². The lowest BCUT2D eigenvalue weighted by Gasteiger charge is -2.26. The van der Waals surface area contributed by atoms with Gasteiger partial charge in [0.25, 0.3) is 0 Å². The highest BCUT2D eigenvalue weighted by Crippen LogP contribution is 2.23. The van der Waals surface area contributed by atoms with E-state index in [0.717, 1.165) is 38.2 Å². The predicted octanol–water partition coefficient (Wildman–Crippen LogP) is 2.38. The summed E-state index contributed by atoms with van der Waals surface area (Å²) < 4.78 is 1.83. The summed E-state index contributed by atoms with van der Waals surface area (Å²) in [6.07, 6.45) is 4.68. The van der Waals surface area contributed by atoms with Gasteiger partial charge in [-0.3, -0.25) is 14.4 Å². The molecule has 0 bridgehead atoms. The van der Waals surface area contributed by atoms with Gasteiger partial charge in [0, 0.05) is 50.4 Å². The minimum atomic E-state index is -0.201. The van der Waals surface area contributed by atoms with E-state index in [9.17, 15) is 4.79 Å². The number of carbonyl (C=O) groups excluding carboxylic acids is 1. The van der Waals surface area contributed by atoms with E-state index in [-0.39, 0.29) is 42.3 Å². The smallest absolute Gasteiger partial charge is 0.222 e. The summed E-state index contributed by atoms with van der Waals surface area (Å²) in [5, 5.41) is 7.57. The van der Waals surface area contributed by atoms with Crippen molar-refractivity contribution in [1.29, 1.82) is 0 Å². The van der Waals surface area contributed by atoms with Gasteiger partial charge in [-0.2, -0.15) is 5.10 Å². The fourth-order valence-corrected chi connectivity index (χ4v) is 3.58. The molecule has 0 unspecified atom stereocenters. The van der Waals surface area contributed by atoms with Crippen LogP contribution in [0.1, 0.15) is 45.7 Å². The van der Waals surface area contributed by atoms with Crippen molar-refractivity contribution in [2.24, 2.45) is 11.7 Å². The Bertz CT molecular complexity index is 544. The molecule has 1 fully saturated rings. The van der Waals surface area contributed by atoms with Crippen LogP contribution in [0.15, 0.2) is 12.3 Å². The normalized spacial score (nSPS) is 20.3. The molecule has 2 atom stereocenters. The number of rotatable bonds is 8. The number of carbonyl (C=O) groups is 1. The van der Waals surface area contributed by atoms with Crippen LogP contribution in [-0.4, -0.2) is 51.8 Å². The molecular weight excluding hydrogens is 373 g/mol. The van der Waals surface area contributed by atoms with Crippen molar-refractivity contribution in [1.82, 2.24) is 20.0 Å². The van der Waals surface area contributed by atoms with Gasteiger partial charge < -0.3 is 11.1 Å². The van der Waals surface area contributed by atoms with E-state index in [1.165, 1.54) is 0 Å². The molecule has 3 N–H and O–H groups in total. The molecule has 1 aromatic heterocycles. The van der Waals surface area contributed by atoms with E-state index in [0.29, 0.717) is 18.9 Å². The molecule has 2 heterocycles. The van der Waals surface area contributed by atoms with Crippen molar-refractivity contribution < 1.29 is 4.79 Å². The summed E-state index contributed by atoms with van der Waals surface area (Å²) in [7, 11) is 0. The van der Waals surface area contributed by atoms with Gasteiger partial charge in [-0.15, -0.1) is 24.8 Å². The predicted molar refractivity (Wildman–Crippen MR) is 111 cm³/mol. The SMILES string of the molecule is CCC[C@H]1CN(CC(C)(C)N)C[C@@H]1NC(=O)CCn1ccc(C)n1.Cl.Cl. The quantitative estimate of drug-likeness (QED) is 0.693. The molecule has 0 aliphatic carbocycles. The fraction of sp³-hybridized carbons (Fsp3) is 0.778. The molecule has 0 radical (unpaired) electrons. The summed E-state index contributed by atoms with van der Waals surface area (Å²) in [6.45, 7) is 11.7. The third kappa shape index (κ3) is 8.25. The highest BCUT2D eigenvalue weighted by molar-refractivity contribution is 5.85. The lowest BCUT2D eigenvalue weighted by atomic mass is 9.98. The zero-order chi connectivity index (χ0) is 17.7. The number of likely N-dealkylation sites (tertiary alicyclic amines) is 1. The fourth-order valence-electron chi connectivity index (χ4n) is 3.58. The zero-order valence-corrected chi connectivity index (χ0v) is 18.0. The van der Waals surface area contributed by atoms with Crippen LogP contribution < -0.4 is 11.1 Å². The number of nitrogens with two attached hydrogens (primary N) is 1. The van der Waals surface area contributed by atoms with Crippen molar-refractivity contribution in [2.75, 3.05) is 19.6 Å². The Morgan fingerprint density at radius 1 is 1.38 bits per heavy atom. The zero-order valence-electron chi connectivity index (χ0n) is 16.4. The number of nitrogens with zero attached hydrogens (tertiary/aromatic N) is 3. The molecule has 0 aromatic carbocycles. The van der Waals surface area contributed by atoms with Gasteiger partial charge in [0.15, 0.2) is 0 Å². The van der Waals surface area contributed by atoms with E-state index in [2.05, 4.69) is 36.1 Å². The maximum Gasteiger partial charge on any atom is 0.222 e. The second kappa shape index (κ2) is 11.1. The molecule has 8 heteroatoms. The summed E-state index contributed by atoms with van der Waals surface area (Å²) in [5.41, 5.74) is 6.94. The number of hydrogen-bond acceptors (Lipinski definition) is 4. The second-order valence-corrected chi connectivity index (χ2v) is 7.88. The number of halogens is 2. The lowest BCUT2D eigenvalue weighted by molar-refractivity contribution is -0.122. The summed E-state index contributed by atoms with van der Waals surface area (Å²) in [6, 6.07) is 2.19. The monoisotopic (exact) mass is 407 g/mol. The Kier molecular flexibility index (Phi) is 10.8. The van der Waals surface area contributed by atoms with Crippen molar-refractivity contribution in [3.05, 3.63) is 18.0 Å². The third-order valence-corrected chi connectivity index (χ3v) is 4.50. The third-order valence-electron chi connectivity index (χ3n) is 4.50. The van der Waals surface area contributed by atoms with Crippen LogP contribution in [0.25, 0.3) is 0 Å². The van der Waals surface area contributed by atoms with Gasteiger partial charge in [0.2, 0.25) is 5.91 Å². The molecular formula is C18H35Cl2N5O. The first-order valence-corrected chi connectivity index (χ1v) is 9.07. The van der Waals surface area contributed by atoms with Crippen molar-refractivity contribution in [2.45, 2.75) is 65.1 Å². The van der Waals surface area contributed by atoms with E-state index in [4.69, 9.17) is 5.73 Å². The maximum atomic E-state index is 12.3. The van der Waals surface area contributed by atoms with Gasteiger partial charge in [0.05, 0.1) is 5.69 Å². The molecule has 26 heavy (non-hydrogen) atoms. The minimum Gasteiger partial charge on any atom is -0.352 e. The molecule has 1 aliphatic rings. The van der Waals surface area contributed by atoms with E-state index in [1.54, 1.807) is 0 Å². The molecule has 1 saturated heterocycles. The second-order valence-electron chi connectivity index (χ2n) is 7.88. The standard InChI is InChI=1S/C18H33N5O.2ClH/c1-5-6-15-11-22(13-18(3,4)19)12-16(15)20-17(24)8-10-23-9-7-14(2)21-23;;/h7,9,15-16H,5-6,8,10-13,19H2,1-4H3,(H,20,24);2*1H/t15-,16-;;/m0../s1. The number of amides is 1. The van der Waals surface area contributed by atoms with E-state index >= 15 is 0 Å². The summed E-state index contributed by atoms with van der Waals surface area (Å²) >= 11 is 0. The molecule has 2 rings (SSSR count). The topological polar surface area (TPSA) is 76.2 Å². The molecule has 6 nitrogen and oxygen atoms in total. The first-order chi connectivity index (χ1) is 11.3. The Labute approximate surface area is 170 Å². The number of aryl methyl sites for hydroxylation is 2. The molecule has 152 valence electrons. The van der Waals surface area contributed by atoms with Gasteiger partial charge >= 0.3 is 0 Å². The number of aromatic nitrogens is 2. The average molecular weight is 408 g/mol. The van der Waals surface area contributed by atoms with Crippen LogP contribution in [0.2, 0.25) is 0 Å². The lowest BCUT2D eigenvalue weighted by Crippen LogP contribution is -2.46. The Hall–Kier alpha value is -0.820. The van der Waals surface area contributed by atoms with Gasteiger partial charge in [-0.1, -0.05) is 13.3 Å². The van der Waals surface area contributed by atoms with Crippen LogP contribution in [0.3, 0.4) is 0 Å². The highest BCUT2D eigenvalue weighted by atomic mass is 35.5. The van der Waals surface area contributed by atoms with Crippen LogP contribution in [0.5, 0.6) is 0 Å². The van der Waals surface area contributed by atoms with Crippen molar-refractivity contribution in [3.8, 4) is 0 Å². The van der Waals surface area contributed by atoms with Crippen LogP contribution in [-0.2, 0) is 11.3 Å². The Balaban J connectivity index is 0.00000312. The van der Waals surface area contributed by atoms with Gasteiger partial charge in [0.1, 0.15) is 0 Å². The van der Waals surface area contributed by atoms with E-state index in [1.807, 2.05) is 23.9 Å². The van der Waals surface area contributed by atoms with Crippen LogP contribution in [0.4, 0.5) is 0 Å². The Morgan fingerprint density at radius 3 is 2.62 bits per heavy atom. The molecule has 0 saturated carbocycles. The minimum absolute atomic E-state index is 0. The van der Waals surface area contributed by atoms with Crippen LogP contribution in [0, 0.1) is 12.8 Å². The summed E-state index contributed by atoms with van der Waals surface area (Å²) in [4.78, 5) is 14.7. The van der Waals surface area contributed by atoms with Gasteiger partial charge in [-0.05, 0) is 39.2 Å². The van der Waals surface area contributed by atoms with Crippen LogP contribution >= 0.6 is 24.8 Å². The molecule has 1 aromatic rings. The number of hydrogen-bond donors (Lipinski definition) is 2. The molecule has 1 aliphatic heterocycles. The van der Waals surface area contributed by atoms with Crippen molar-refractivity contribution >= 4 is 30.7 Å². The first kappa shape index (κ1) is 25.2. The first-order valence-electron chi connectivity index (χ1n) is 9.07. The summed E-state index contributed by atoms with van der Waals surface area (Å²) in [5.74, 6) is 0.636. The number of nitrogens with one attached hydrogen (secondary N) is 1. The van der Waals surface area contributed by atoms with E-state index < -0.39 is 0 Å². The molecule has 1 amide bonds. The Morgan fingerprint density at radius 2 is 2.08 bits per heavy atom. The average Bonchev–Trinajstić information content (AvgIpc) is 3.02.